The van der Waals surface area contributed by atoms with Crippen molar-refractivity contribution in [1.82, 2.24) is 0 Å². The molecule has 0 spiro atoms. The lowest BCUT2D eigenvalue weighted by Crippen LogP contribution is -2.29. The van der Waals surface area contributed by atoms with Gasteiger partial charge in [0.2, 0.25) is 0 Å². The highest BCUT2D eigenvalue weighted by Gasteiger charge is 2.38. The molecule has 2 unspecified atom stereocenters. The van der Waals surface area contributed by atoms with E-state index in [2.05, 4.69) is 20.8 Å². The molecule has 0 saturated carbocycles. The standard InChI is InChI=1S/C14H13BrN2O4/c1-3-19-14(18)21-13(17-2)10-7-12(16)20-11-5-4-8(15)6-9(10)11/h4-6,10,13,16H,3,7H2,1H3. The monoisotopic (exact) mass is 352 g/mol. The van der Waals surface area contributed by atoms with Crippen LogP contribution in [0.4, 0.5) is 4.79 Å². The Morgan fingerprint density at radius 3 is 3.10 bits per heavy atom. The summed E-state index contributed by atoms with van der Waals surface area (Å²) in [5.74, 6) is 0.0807. The van der Waals surface area contributed by atoms with E-state index in [4.69, 9.17) is 26.2 Å². The summed E-state index contributed by atoms with van der Waals surface area (Å²) in [5.41, 5.74) is 0.727. The van der Waals surface area contributed by atoms with Gasteiger partial charge in [0.1, 0.15) is 11.7 Å². The topological polar surface area (TPSA) is 73.0 Å². The van der Waals surface area contributed by atoms with Crippen LogP contribution in [0.3, 0.4) is 0 Å². The third-order valence-electron chi connectivity index (χ3n) is 2.96. The molecule has 21 heavy (non-hydrogen) atoms. The number of benzene rings is 1. The van der Waals surface area contributed by atoms with E-state index in [0.717, 1.165) is 10.0 Å². The third-order valence-corrected chi connectivity index (χ3v) is 3.45. The highest BCUT2D eigenvalue weighted by molar-refractivity contribution is 9.10. The van der Waals surface area contributed by atoms with Gasteiger partial charge in [-0.25, -0.2) is 11.4 Å². The van der Waals surface area contributed by atoms with Crippen LogP contribution in [0.15, 0.2) is 22.7 Å². The molecule has 1 aromatic carbocycles. The first-order chi connectivity index (χ1) is 10.0. The van der Waals surface area contributed by atoms with E-state index in [9.17, 15) is 4.79 Å². The molecule has 0 amide bonds. The van der Waals surface area contributed by atoms with Gasteiger partial charge < -0.3 is 14.2 Å². The number of halogens is 1. The fraction of sp³-hybridized carbons (Fsp3) is 0.357. The van der Waals surface area contributed by atoms with Crippen LogP contribution in [-0.4, -0.2) is 24.9 Å². The summed E-state index contributed by atoms with van der Waals surface area (Å²) in [6.07, 6.45) is -1.75. The van der Waals surface area contributed by atoms with E-state index in [1.165, 1.54) is 0 Å². The molecule has 7 heteroatoms. The summed E-state index contributed by atoms with van der Waals surface area (Å²) < 4.78 is 15.9. The quantitative estimate of drug-likeness (QED) is 0.664. The molecule has 1 aliphatic rings. The maximum absolute atomic E-state index is 11.4. The smallest absolute Gasteiger partial charge is 0.443 e. The van der Waals surface area contributed by atoms with Gasteiger partial charge in [-0.2, -0.15) is 0 Å². The van der Waals surface area contributed by atoms with Crippen LogP contribution >= 0.6 is 15.9 Å². The summed E-state index contributed by atoms with van der Waals surface area (Å²) in [6.45, 7) is 9.09. The Labute approximate surface area is 130 Å². The Bertz CT molecular complexity index is 611. The molecular weight excluding hydrogens is 340 g/mol. The first-order valence-electron chi connectivity index (χ1n) is 6.29. The Morgan fingerprint density at radius 2 is 2.43 bits per heavy atom. The summed E-state index contributed by atoms with van der Waals surface area (Å²) in [7, 11) is 0. The zero-order valence-electron chi connectivity index (χ0n) is 11.3. The van der Waals surface area contributed by atoms with Crippen molar-refractivity contribution in [2.24, 2.45) is 0 Å². The number of nitrogens with one attached hydrogen (secondary N) is 1. The van der Waals surface area contributed by atoms with Crippen LogP contribution in [0.5, 0.6) is 5.75 Å². The molecule has 1 aliphatic heterocycles. The number of carbonyl (C=O) groups excluding carboxylic acids is 1. The Morgan fingerprint density at radius 1 is 1.67 bits per heavy atom. The normalized spacial score (nSPS) is 18.0. The summed E-state index contributed by atoms with van der Waals surface area (Å²) in [4.78, 5) is 14.8. The predicted molar refractivity (Wildman–Crippen MR) is 78.4 cm³/mol. The van der Waals surface area contributed by atoms with Crippen LogP contribution in [0.25, 0.3) is 4.85 Å². The van der Waals surface area contributed by atoms with Gasteiger partial charge in [0, 0.05) is 16.5 Å². The lowest BCUT2D eigenvalue weighted by atomic mass is 9.91. The van der Waals surface area contributed by atoms with Crippen molar-refractivity contribution < 1.29 is 19.0 Å². The third kappa shape index (κ3) is 3.52. The second-order valence-electron chi connectivity index (χ2n) is 4.34. The first kappa shape index (κ1) is 15.3. The number of carbonyl (C=O) groups is 1. The number of ether oxygens (including phenoxy) is 3. The molecular formula is C14H13BrN2O4. The largest absolute Gasteiger partial charge is 0.514 e. The van der Waals surface area contributed by atoms with E-state index in [-0.39, 0.29) is 18.9 Å². The second-order valence-corrected chi connectivity index (χ2v) is 5.25. The minimum Gasteiger partial charge on any atom is -0.443 e. The molecule has 0 radical (unpaired) electrons. The van der Waals surface area contributed by atoms with Crippen molar-refractivity contribution in [2.45, 2.75) is 25.5 Å². The molecule has 0 aliphatic carbocycles. The summed E-state index contributed by atoms with van der Waals surface area (Å²) in [6, 6.07) is 5.30. The van der Waals surface area contributed by atoms with Gasteiger partial charge in [0.25, 0.3) is 0 Å². The highest BCUT2D eigenvalue weighted by atomic mass is 79.9. The van der Waals surface area contributed by atoms with Gasteiger partial charge in [-0.15, -0.1) is 0 Å². The molecule has 1 N–H and O–H groups in total. The van der Waals surface area contributed by atoms with Crippen LogP contribution in [0.2, 0.25) is 0 Å². The number of hydrogen-bond acceptors (Lipinski definition) is 5. The van der Waals surface area contributed by atoms with E-state index in [1.54, 1.807) is 25.1 Å². The van der Waals surface area contributed by atoms with Gasteiger partial charge in [-0.1, -0.05) is 15.9 Å². The fourth-order valence-corrected chi connectivity index (χ4v) is 2.47. The van der Waals surface area contributed by atoms with Crippen LogP contribution in [0.1, 0.15) is 24.8 Å². The molecule has 2 rings (SSSR count). The number of nitrogens with zero attached hydrogens (tertiary/aromatic N) is 1. The van der Waals surface area contributed by atoms with Crippen LogP contribution in [-0.2, 0) is 9.47 Å². The van der Waals surface area contributed by atoms with Crippen molar-refractivity contribution in [3.8, 4) is 5.75 Å². The number of rotatable bonds is 3. The van der Waals surface area contributed by atoms with Crippen molar-refractivity contribution in [1.29, 1.82) is 5.41 Å². The molecule has 1 aromatic rings. The SMILES string of the molecule is [C-]#[N+]C(OC(=O)OCC)C1CC(=N)Oc2ccc(Br)cc21. The Hall–Kier alpha value is -2.07. The van der Waals surface area contributed by atoms with E-state index < -0.39 is 18.3 Å². The maximum Gasteiger partial charge on any atom is 0.514 e. The van der Waals surface area contributed by atoms with Crippen LogP contribution in [0, 0.1) is 12.0 Å². The van der Waals surface area contributed by atoms with Crippen molar-refractivity contribution in [3.05, 3.63) is 39.7 Å². The summed E-state index contributed by atoms with van der Waals surface area (Å²) >= 11 is 3.36. The molecule has 0 bridgehead atoms. The summed E-state index contributed by atoms with van der Waals surface area (Å²) in [5, 5.41) is 7.73. The first-order valence-corrected chi connectivity index (χ1v) is 7.09. The van der Waals surface area contributed by atoms with Gasteiger partial charge >= 0.3 is 12.4 Å². The second kappa shape index (κ2) is 6.59. The maximum atomic E-state index is 11.4. The van der Waals surface area contributed by atoms with Crippen LogP contribution < -0.4 is 4.74 Å². The van der Waals surface area contributed by atoms with E-state index in [0.29, 0.717) is 5.75 Å². The Balaban J connectivity index is 2.30. The molecule has 110 valence electrons. The van der Waals surface area contributed by atoms with Crippen molar-refractivity contribution in [3.63, 3.8) is 0 Å². The lowest BCUT2D eigenvalue weighted by molar-refractivity contribution is 0.0312. The molecule has 1 heterocycles. The molecule has 0 saturated heterocycles. The molecule has 2 atom stereocenters. The lowest BCUT2D eigenvalue weighted by Gasteiger charge is -2.26. The van der Waals surface area contributed by atoms with Gasteiger partial charge in [0.15, 0.2) is 5.90 Å². The number of hydrogen-bond donors (Lipinski definition) is 1. The number of fused-ring (bicyclic) bond motifs is 1. The highest BCUT2D eigenvalue weighted by Crippen LogP contribution is 2.39. The van der Waals surface area contributed by atoms with Gasteiger partial charge in [-0.05, 0) is 25.1 Å². The minimum atomic E-state index is -1.05. The van der Waals surface area contributed by atoms with E-state index in [1.807, 2.05) is 0 Å². The average Bonchev–Trinajstić information content (AvgIpc) is 2.45. The minimum absolute atomic E-state index is 0.0379. The van der Waals surface area contributed by atoms with Gasteiger partial charge in [-0.3, -0.25) is 10.3 Å². The zero-order valence-corrected chi connectivity index (χ0v) is 12.8. The zero-order chi connectivity index (χ0) is 15.4. The fourth-order valence-electron chi connectivity index (χ4n) is 2.09. The van der Waals surface area contributed by atoms with Crippen molar-refractivity contribution >= 4 is 28.0 Å². The molecule has 0 aromatic heterocycles. The Kier molecular flexibility index (Phi) is 4.81. The van der Waals surface area contributed by atoms with E-state index >= 15 is 0 Å². The molecule has 6 nitrogen and oxygen atoms in total. The molecule has 0 fully saturated rings. The van der Waals surface area contributed by atoms with Crippen molar-refractivity contribution in [2.75, 3.05) is 6.61 Å². The average molecular weight is 353 g/mol. The predicted octanol–water partition coefficient (Wildman–Crippen LogP) is 3.71. The van der Waals surface area contributed by atoms with Gasteiger partial charge in [0.05, 0.1) is 6.61 Å².